The van der Waals surface area contributed by atoms with Crippen molar-refractivity contribution in [1.29, 1.82) is 0 Å². The SMILES string of the molecule is OB(O)c1ccc(N(c2ccc3c(c2)C(c2ccccc2)(c2ccccc2)c2ccccc2-3)c2ccc3ccccc3c2)cc1. The van der Waals surface area contributed by atoms with Crippen molar-refractivity contribution in [2.45, 2.75) is 5.41 Å². The number of benzene rings is 7. The van der Waals surface area contributed by atoms with Gasteiger partial charge < -0.3 is 14.9 Å². The average molecular weight is 580 g/mol. The highest BCUT2D eigenvalue weighted by Crippen LogP contribution is 2.57. The Bertz CT molecular complexity index is 2100. The fourth-order valence-electron chi connectivity index (χ4n) is 7.13. The molecule has 0 saturated heterocycles. The van der Waals surface area contributed by atoms with Crippen molar-refractivity contribution in [2.75, 3.05) is 4.90 Å². The van der Waals surface area contributed by atoms with Gasteiger partial charge in [-0.3, -0.25) is 0 Å². The van der Waals surface area contributed by atoms with Crippen molar-refractivity contribution in [3.05, 3.63) is 192 Å². The lowest BCUT2D eigenvalue weighted by Crippen LogP contribution is -2.29. The summed E-state index contributed by atoms with van der Waals surface area (Å²) in [5, 5.41) is 22.0. The number of rotatable bonds is 6. The minimum absolute atomic E-state index is 0.453. The predicted molar refractivity (Wildman–Crippen MR) is 186 cm³/mol. The van der Waals surface area contributed by atoms with Gasteiger partial charge in [0.25, 0.3) is 0 Å². The first-order chi connectivity index (χ1) is 22.1. The fourth-order valence-corrected chi connectivity index (χ4v) is 7.13. The second-order valence-electron chi connectivity index (χ2n) is 11.6. The van der Waals surface area contributed by atoms with Crippen molar-refractivity contribution in [2.24, 2.45) is 0 Å². The van der Waals surface area contributed by atoms with E-state index in [-0.39, 0.29) is 0 Å². The Labute approximate surface area is 263 Å². The molecule has 214 valence electrons. The van der Waals surface area contributed by atoms with Crippen LogP contribution in [0.25, 0.3) is 21.9 Å². The highest BCUT2D eigenvalue weighted by molar-refractivity contribution is 6.58. The first-order valence-corrected chi connectivity index (χ1v) is 15.2. The van der Waals surface area contributed by atoms with Gasteiger partial charge in [0, 0.05) is 17.1 Å². The Morgan fingerprint density at radius 2 is 0.956 bits per heavy atom. The summed E-state index contributed by atoms with van der Waals surface area (Å²) < 4.78 is 0. The van der Waals surface area contributed by atoms with Crippen molar-refractivity contribution in [3.8, 4) is 11.1 Å². The van der Waals surface area contributed by atoms with Gasteiger partial charge in [0.2, 0.25) is 0 Å². The van der Waals surface area contributed by atoms with Gasteiger partial charge in [0.05, 0.1) is 5.41 Å². The Morgan fingerprint density at radius 3 is 1.64 bits per heavy atom. The molecule has 3 nitrogen and oxygen atoms in total. The van der Waals surface area contributed by atoms with Gasteiger partial charge in [-0.25, -0.2) is 0 Å². The van der Waals surface area contributed by atoms with Crippen LogP contribution in [-0.2, 0) is 5.41 Å². The molecule has 4 heteroatoms. The summed E-state index contributed by atoms with van der Waals surface area (Å²) in [6.07, 6.45) is 0. The molecule has 0 heterocycles. The molecule has 45 heavy (non-hydrogen) atoms. The number of hydrogen-bond acceptors (Lipinski definition) is 3. The van der Waals surface area contributed by atoms with Crippen LogP contribution in [0.3, 0.4) is 0 Å². The normalized spacial score (nSPS) is 12.8. The lowest BCUT2D eigenvalue weighted by atomic mass is 9.67. The Hall–Kier alpha value is -5.42. The largest absolute Gasteiger partial charge is 0.488 e. The van der Waals surface area contributed by atoms with Gasteiger partial charge in [0.1, 0.15) is 0 Å². The Kier molecular flexibility index (Phi) is 6.60. The van der Waals surface area contributed by atoms with Crippen LogP contribution in [0.15, 0.2) is 170 Å². The molecular formula is C41H30BNO2. The highest BCUT2D eigenvalue weighted by Gasteiger charge is 2.46. The number of nitrogens with zero attached hydrogens (tertiary/aromatic N) is 1. The summed E-state index contributed by atoms with van der Waals surface area (Å²) in [6, 6.07) is 59.6. The maximum atomic E-state index is 9.81. The summed E-state index contributed by atoms with van der Waals surface area (Å²) >= 11 is 0. The molecule has 0 aromatic heterocycles. The third kappa shape index (κ3) is 4.38. The molecule has 7 aromatic carbocycles. The molecule has 8 rings (SSSR count). The standard InChI is InChI=1S/C41H30BNO2/c44-42(45)33-20-23-34(24-21-33)43(35-22-19-29-11-7-8-12-30(29)27-35)36-25-26-38-37-17-9-10-18-39(37)41(40(38)28-36,31-13-3-1-4-14-31)32-15-5-2-6-16-32/h1-28,44-45H. The molecule has 0 unspecified atom stereocenters. The zero-order valence-electron chi connectivity index (χ0n) is 24.6. The lowest BCUT2D eigenvalue weighted by Gasteiger charge is -2.35. The predicted octanol–water partition coefficient (Wildman–Crippen LogP) is 8.35. The first kappa shape index (κ1) is 27.2. The number of fused-ring (bicyclic) bond motifs is 4. The van der Waals surface area contributed by atoms with E-state index in [1.54, 1.807) is 12.1 Å². The van der Waals surface area contributed by atoms with Crippen molar-refractivity contribution < 1.29 is 10.0 Å². The van der Waals surface area contributed by atoms with Crippen LogP contribution in [0.5, 0.6) is 0 Å². The molecule has 0 spiro atoms. The maximum Gasteiger partial charge on any atom is 0.488 e. The van der Waals surface area contributed by atoms with E-state index in [1.165, 1.54) is 38.8 Å². The maximum absolute atomic E-state index is 9.81. The van der Waals surface area contributed by atoms with Crippen LogP contribution in [0.1, 0.15) is 22.3 Å². The van der Waals surface area contributed by atoms with E-state index in [0.29, 0.717) is 5.46 Å². The molecule has 7 aromatic rings. The summed E-state index contributed by atoms with van der Waals surface area (Å²) in [5.74, 6) is 0. The third-order valence-electron chi connectivity index (χ3n) is 9.14. The Morgan fingerprint density at radius 1 is 0.422 bits per heavy atom. The molecule has 0 amide bonds. The van der Waals surface area contributed by atoms with E-state index < -0.39 is 12.5 Å². The smallest absolute Gasteiger partial charge is 0.423 e. The third-order valence-corrected chi connectivity index (χ3v) is 9.14. The molecular weight excluding hydrogens is 549 g/mol. The quantitative estimate of drug-likeness (QED) is 0.195. The molecule has 0 bridgehead atoms. The topological polar surface area (TPSA) is 43.7 Å². The van der Waals surface area contributed by atoms with Crippen molar-refractivity contribution in [1.82, 2.24) is 0 Å². The monoisotopic (exact) mass is 579 g/mol. The van der Waals surface area contributed by atoms with Gasteiger partial charge in [-0.1, -0.05) is 133 Å². The van der Waals surface area contributed by atoms with E-state index in [2.05, 4.69) is 150 Å². The van der Waals surface area contributed by atoms with Crippen LogP contribution in [-0.4, -0.2) is 17.2 Å². The summed E-state index contributed by atoms with van der Waals surface area (Å²) in [7, 11) is -1.52. The van der Waals surface area contributed by atoms with Gasteiger partial charge in [0.15, 0.2) is 0 Å². The first-order valence-electron chi connectivity index (χ1n) is 15.2. The van der Waals surface area contributed by atoms with E-state index in [4.69, 9.17) is 0 Å². The molecule has 1 aliphatic carbocycles. The molecule has 1 aliphatic rings. The molecule has 0 aliphatic heterocycles. The number of hydrogen-bond donors (Lipinski definition) is 2. The Balaban J connectivity index is 1.41. The molecule has 0 atom stereocenters. The second kappa shape index (κ2) is 10.9. The summed E-state index contributed by atoms with van der Waals surface area (Å²) in [6.45, 7) is 0. The zero-order valence-corrected chi connectivity index (χ0v) is 24.6. The summed E-state index contributed by atoms with van der Waals surface area (Å²) in [5.41, 5.74) is 10.3. The average Bonchev–Trinajstić information content (AvgIpc) is 3.40. The van der Waals surface area contributed by atoms with E-state index >= 15 is 0 Å². The zero-order chi connectivity index (χ0) is 30.4. The minimum Gasteiger partial charge on any atom is -0.423 e. The van der Waals surface area contributed by atoms with Crippen LogP contribution < -0.4 is 10.4 Å². The van der Waals surface area contributed by atoms with E-state index in [0.717, 1.165) is 22.4 Å². The van der Waals surface area contributed by atoms with Gasteiger partial charge in [-0.15, -0.1) is 0 Å². The summed E-state index contributed by atoms with van der Waals surface area (Å²) in [4.78, 5) is 2.25. The van der Waals surface area contributed by atoms with Crippen LogP contribution >= 0.6 is 0 Å². The van der Waals surface area contributed by atoms with Crippen LogP contribution in [0.2, 0.25) is 0 Å². The fraction of sp³-hybridized carbons (Fsp3) is 0.0244. The highest BCUT2D eigenvalue weighted by atomic mass is 16.4. The van der Waals surface area contributed by atoms with Crippen molar-refractivity contribution in [3.63, 3.8) is 0 Å². The van der Waals surface area contributed by atoms with Crippen molar-refractivity contribution >= 4 is 40.4 Å². The van der Waals surface area contributed by atoms with Crippen LogP contribution in [0, 0.1) is 0 Å². The van der Waals surface area contributed by atoms with E-state index in [1.807, 2.05) is 12.1 Å². The number of anilines is 3. The molecule has 0 radical (unpaired) electrons. The van der Waals surface area contributed by atoms with Gasteiger partial charge in [-0.05, 0) is 86.0 Å². The minimum atomic E-state index is -1.52. The molecule has 0 fully saturated rings. The lowest BCUT2D eigenvalue weighted by molar-refractivity contribution is 0.426. The molecule has 0 saturated carbocycles. The van der Waals surface area contributed by atoms with Gasteiger partial charge in [-0.2, -0.15) is 0 Å². The van der Waals surface area contributed by atoms with Gasteiger partial charge >= 0.3 is 7.12 Å². The van der Waals surface area contributed by atoms with Crippen LogP contribution in [0.4, 0.5) is 17.1 Å². The molecule has 2 N–H and O–H groups in total. The second-order valence-corrected chi connectivity index (χ2v) is 11.6. The van der Waals surface area contributed by atoms with E-state index in [9.17, 15) is 10.0 Å².